The number of rotatable bonds is 0. The molecule has 0 aromatic carbocycles. The fraction of sp³-hybridized carbons (Fsp3) is 1.00. The van der Waals surface area contributed by atoms with Crippen molar-refractivity contribution in [3.8, 4) is 0 Å². The van der Waals surface area contributed by atoms with Crippen molar-refractivity contribution < 1.29 is 13.9 Å². The van der Waals surface area contributed by atoms with Crippen LogP contribution in [0.15, 0.2) is 0 Å². The number of alkyl halides is 2. The molecular formula is C14H24F2N2O. The summed E-state index contributed by atoms with van der Waals surface area (Å²) in [5, 5.41) is 12.7. The Labute approximate surface area is 112 Å². The quantitative estimate of drug-likeness (QED) is 0.627. The van der Waals surface area contributed by atoms with Crippen LogP contribution in [0.1, 0.15) is 38.5 Å². The molecule has 4 bridgehead atoms. The maximum atomic E-state index is 11.9. The van der Waals surface area contributed by atoms with Crippen molar-refractivity contribution in [1.82, 2.24) is 5.32 Å². The van der Waals surface area contributed by atoms with Crippen LogP contribution in [-0.4, -0.2) is 35.8 Å². The first-order chi connectivity index (χ1) is 8.87. The number of nitrogens with one attached hydrogen (secondary N) is 1. The summed E-state index contributed by atoms with van der Waals surface area (Å²) in [5.41, 5.74) is 5.82. The maximum Gasteiger partial charge on any atom is 0.261 e. The molecule has 5 rings (SSSR count). The standard InChI is InChI=1S/C10H17NO.C4H7F2N/c11-9-7-1-6-2-8(9)5-10(12,3-6)4-7;5-4(6)1-2-7-3-4/h6-9,12H,1-5,11H2;7H,1-3H2. The van der Waals surface area contributed by atoms with Gasteiger partial charge in [0.2, 0.25) is 0 Å². The Bertz CT molecular complexity index is 326. The average Bonchev–Trinajstić information content (AvgIpc) is 2.69. The predicted molar refractivity (Wildman–Crippen MR) is 68.9 cm³/mol. The van der Waals surface area contributed by atoms with Crippen molar-refractivity contribution in [2.45, 2.75) is 56.1 Å². The molecule has 19 heavy (non-hydrogen) atoms. The molecular weight excluding hydrogens is 250 g/mol. The van der Waals surface area contributed by atoms with Gasteiger partial charge in [-0.05, 0) is 49.9 Å². The second-order valence-electron chi connectivity index (χ2n) is 7.05. The first kappa shape index (κ1) is 13.7. The lowest BCUT2D eigenvalue weighted by Gasteiger charge is -2.57. The first-order valence-electron chi connectivity index (χ1n) is 7.43. The van der Waals surface area contributed by atoms with E-state index in [0.29, 0.717) is 24.4 Å². The number of hydrogen-bond donors (Lipinski definition) is 3. The molecule has 3 nitrogen and oxygen atoms in total. The molecule has 0 aromatic heterocycles. The third-order valence-electron chi connectivity index (χ3n) is 5.36. The van der Waals surface area contributed by atoms with Gasteiger partial charge in [0.25, 0.3) is 5.92 Å². The zero-order valence-corrected chi connectivity index (χ0v) is 11.2. The molecule has 5 fully saturated rings. The highest BCUT2D eigenvalue weighted by atomic mass is 19.3. The van der Waals surface area contributed by atoms with E-state index in [1.807, 2.05) is 0 Å². The van der Waals surface area contributed by atoms with Crippen LogP contribution in [0.2, 0.25) is 0 Å². The average molecular weight is 274 g/mol. The van der Waals surface area contributed by atoms with Crippen molar-refractivity contribution in [3.05, 3.63) is 0 Å². The summed E-state index contributed by atoms with van der Waals surface area (Å²) in [6.45, 7) is 0.333. The second-order valence-corrected chi connectivity index (χ2v) is 7.05. The van der Waals surface area contributed by atoms with E-state index in [-0.39, 0.29) is 18.6 Å². The van der Waals surface area contributed by atoms with Gasteiger partial charge in [-0.15, -0.1) is 0 Å². The Hall–Kier alpha value is -0.260. The highest BCUT2D eigenvalue weighted by Gasteiger charge is 2.53. The number of aliphatic hydroxyl groups is 1. The van der Waals surface area contributed by atoms with Crippen molar-refractivity contribution in [1.29, 1.82) is 0 Å². The van der Waals surface area contributed by atoms with Gasteiger partial charge >= 0.3 is 0 Å². The molecule has 2 unspecified atom stereocenters. The van der Waals surface area contributed by atoms with Crippen LogP contribution >= 0.6 is 0 Å². The Morgan fingerprint density at radius 1 is 1.11 bits per heavy atom. The zero-order chi connectivity index (χ0) is 13.7. The monoisotopic (exact) mass is 274 g/mol. The van der Waals surface area contributed by atoms with Crippen LogP contribution in [0.3, 0.4) is 0 Å². The molecule has 0 spiro atoms. The van der Waals surface area contributed by atoms with Gasteiger partial charge in [0.15, 0.2) is 0 Å². The summed E-state index contributed by atoms with van der Waals surface area (Å²) >= 11 is 0. The SMILES string of the molecule is FC1(F)CCNC1.NC1C2CC3CC1CC(O)(C3)C2. The summed E-state index contributed by atoms with van der Waals surface area (Å²) in [7, 11) is 0. The van der Waals surface area contributed by atoms with Gasteiger partial charge in [-0.1, -0.05) is 0 Å². The predicted octanol–water partition coefficient (Wildman–Crippen LogP) is 1.50. The molecule has 110 valence electrons. The summed E-state index contributed by atoms with van der Waals surface area (Å²) < 4.78 is 23.8. The zero-order valence-electron chi connectivity index (χ0n) is 11.2. The van der Waals surface area contributed by atoms with E-state index in [9.17, 15) is 13.9 Å². The number of hydrogen-bond acceptors (Lipinski definition) is 3. The lowest BCUT2D eigenvalue weighted by Crippen LogP contribution is -2.59. The Kier molecular flexibility index (Phi) is 3.35. The van der Waals surface area contributed by atoms with E-state index in [1.165, 1.54) is 12.8 Å². The summed E-state index contributed by atoms with van der Waals surface area (Å²) in [4.78, 5) is 0. The summed E-state index contributed by atoms with van der Waals surface area (Å²) in [5.74, 6) is -0.338. The number of nitrogens with two attached hydrogens (primary N) is 1. The fourth-order valence-corrected chi connectivity index (χ4v) is 4.65. The summed E-state index contributed by atoms with van der Waals surface area (Å²) in [6, 6.07) is 0.404. The molecule has 0 aromatic rings. The van der Waals surface area contributed by atoms with Crippen molar-refractivity contribution >= 4 is 0 Å². The van der Waals surface area contributed by atoms with Gasteiger partial charge in [0, 0.05) is 19.0 Å². The topological polar surface area (TPSA) is 58.3 Å². The van der Waals surface area contributed by atoms with E-state index < -0.39 is 5.92 Å². The second kappa shape index (κ2) is 4.64. The normalized spacial score (nSPS) is 49.9. The van der Waals surface area contributed by atoms with E-state index in [4.69, 9.17) is 5.73 Å². The molecule has 1 aliphatic heterocycles. The van der Waals surface area contributed by atoms with Crippen LogP contribution < -0.4 is 11.1 Å². The third kappa shape index (κ3) is 2.78. The van der Waals surface area contributed by atoms with Gasteiger partial charge in [-0.3, -0.25) is 0 Å². The van der Waals surface area contributed by atoms with Gasteiger partial charge in [-0.2, -0.15) is 0 Å². The molecule has 4 aliphatic carbocycles. The molecule has 1 heterocycles. The smallest absolute Gasteiger partial charge is 0.261 e. The molecule has 1 saturated heterocycles. The molecule has 4 N–H and O–H groups in total. The molecule has 0 radical (unpaired) electrons. The Balaban J connectivity index is 0.000000136. The highest BCUT2D eigenvalue weighted by Crippen LogP contribution is 2.54. The van der Waals surface area contributed by atoms with Gasteiger partial charge in [0.1, 0.15) is 0 Å². The van der Waals surface area contributed by atoms with Gasteiger partial charge < -0.3 is 16.2 Å². The largest absolute Gasteiger partial charge is 0.390 e. The van der Waals surface area contributed by atoms with Crippen LogP contribution in [-0.2, 0) is 0 Å². The lowest BCUT2D eigenvalue weighted by molar-refractivity contribution is -0.132. The van der Waals surface area contributed by atoms with Crippen LogP contribution in [0.4, 0.5) is 8.78 Å². The third-order valence-corrected chi connectivity index (χ3v) is 5.36. The minimum atomic E-state index is -2.42. The van der Waals surface area contributed by atoms with Crippen LogP contribution in [0.25, 0.3) is 0 Å². The van der Waals surface area contributed by atoms with Crippen LogP contribution in [0.5, 0.6) is 0 Å². The Morgan fingerprint density at radius 3 is 2.11 bits per heavy atom. The van der Waals surface area contributed by atoms with Crippen molar-refractivity contribution in [2.75, 3.05) is 13.1 Å². The van der Waals surface area contributed by atoms with E-state index >= 15 is 0 Å². The van der Waals surface area contributed by atoms with Crippen molar-refractivity contribution in [3.63, 3.8) is 0 Å². The van der Waals surface area contributed by atoms with E-state index in [0.717, 1.165) is 25.2 Å². The minimum absolute atomic E-state index is 0.00694. The lowest BCUT2D eigenvalue weighted by atomic mass is 9.52. The fourth-order valence-electron chi connectivity index (χ4n) is 4.65. The molecule has 4 saturated carbocycles. The number of halogens is 2. The maximum absolute atomic E-state index is 11.9. The van der Waals surface area contributed by atoms with Gasteiger partial charge in [-0.25, -0.2) is 8.78 Å². The first-order valence-corrected chi connectivity index (χ1v) is 7.43. The molecule has 2 atom stereocenters. The van der Waals surface area contributed by atoms with E-state index in [2.05, 4.69) is 5.32 Å². The van der Waals surface area contributed by atoms with E-state index in [1.54, 1.807) is 0 Å². The molecule has 5 heteroatoms. The minimum Gasteiger partial charge on any atom is -0.390 e. The molecule has 0 amide bonds. The van der Waals surface area contributed by atoms with Crippen molar-refractivity contribution in [2.24, 2.45) is 23.5 Å². The highest BCUT2D eigenvalue weighted by molar-refractivity contribution is 5.06. The van der Waals surface area contributed by atoms with Crippen LogP contribution in [0, 0.1) is 17.8 Å². The van der Waals surface area contributed by atoms with Gasteiger partial charge in [0.05, 0.1) is 12.1 Å². The summed E-state index contributed by atoms with van der Waals surface area (Å²) in [6.07, 6.45) is 5.63. The Morgan fingerprint density at radius 2 is 1.74 bits per heavy atom. The molecule has 5 aliphatic rings.